The molecule has 1 aromatic heterocycles. The van der Waals surface area contributed by atoms with Crippen LogP contribution in [0.5, 0.6) is 0 Å². The minimum Gasteiger partial charge on any atom is -0.472 e. The SMILES string of the molecule is CC[C@](C)(O)CN(Cc1ccccc1)C(=O)CNC(=O)c1ccoc1. The van der Waals surface area contributed by atoms with Crippen LogP contribution >= 0.6 is 0 Å². The number of nitrogens with one attached hydrogen (secondary N) is 1. The fourth-order valence-electron chi connectivity index (χ4n) is 2.32. The lowest BCUT2D eigenvalue weighted by Gasteiger charge is -2.31. The Labute approximate surface area is 147 Å². The second-order valence-electron chi connectivity index (χ2n) is 6.28. The van der Waals surface area contributed by atoms with Gasteiger partial charge in [0.05, 0.1) is 24.0 Å². The zero-order valence-corrected chi connectivity index (χ0v) is 14.6. The average Bonchev–Trinajstić information content (AvgIpc) is 3.14. The normalized spacial score (nSPS) is 13.1. The summed E-state index contributed by atoms with van der Waals surface area (Å²) in [7, 11) is 0. The predicted octanol–water partition coefficient (Wildman–Crippen LogP) is 2.20. The molecule has 25 heavy (non-hydrogen) atoms. The van der Waals surface area contributed by atoms with Gasteiger partial charge in [0.25, 0.3) is 5.91 Å². The fourth-order valence-corrected chi connectivity index (χ4v) is 2.32. The van der Waals surface area contributed by atoms with E-state index in [2.05, 4.69) is 5.32 Å². The number of rotatable bonds is 8. The van der Waals surface area contributed by atoms with Crippen molar-refractivity contribution < 1.29 is 19.1 Å². The molecule has 134 valence electrons. The Balaban J connectivity index is 2.02. The third-order valence-corrected chi connectivity index (χ3v) is 4.05. The molecule has 0 radical (unpaired) electrons. The first-order chi connectivity index (χ1) is 11.9. The lowest BCUT2D eigenvalue weighted by Crippen LogP contribution is -2.46. The van der Waals surface area contributed by atoms with E-state index in [1.807, 2.05) is 37.3 Å². The number of carbonyl (C=O) groups is 2. The van der Waals surface area contributed by atoms with Crippen molar-refractivity contribution >= 4 is 11.8 Å². The van der Waals surface area contributed by atoms with Gasteiger partial charge < -0.3 is 19.7 Å². The smallest absolute Gasteiger partial charge is 0.254 e. The van der Waals surface area contributed by atoms with Crippen molar-refractivity contribution in [3.63, 3.8) is 0 Å². The number of carbonyl (C=O) groups excluding carboxylic acids is 2. The molecule has 2 amide bonds. The van der Waals surface area contributed by atoms with Gasteiger partial charge in [-0.25, -0.2) is 0 Å². The highest BCUT2D eigenvalue weighted by molar-refractivity contribution is 5.96. The number of nitrogens with zero attached hydrogens (tertiary/aromatic N) is 1. The Morgan fingerprint density at radius 1 is 1.24 bits per heavy atom. The molecule has 2 rings (SSSR count). The van der Waals surface area contributed by atoms with Gasteiger partial charge in [-0.3, -0.25) is 9.59 Å². The van der Waals surface area contributed by atoms with Crippen LogP contribution in [0.15, 0.2) is 53.3 Å². The zero-order valence-electron chi connectivity index (χ0n) is 14.6. The lowest BCUT2D eigenvalue weighted by atomic mass is 10.0. The molecule has 2 N–H and O–H groups in total. The van der Waals surface area contributed by atoms with Gasteiger partial charge in [0.2, 0.25) is 5.91 Å². The first-order valence-corrected chi connectivity index (χ1v) is 8.26. The number of benzene rings is 1. The minimum absolute atomic E-state index is 0.142. The molecule has 0 aliphatic carbocycles. The number of hydrogen-bond donors (Lipinski definition) is 2. The molecular weight excluding hydrogens is 320 g/mol. The molecule has 0 bridgehead atoms. The van der Waals surface area contributed by atoms with E-state index in [1.165, 1.54) is 18.6 Å². The Kier molecular flexibility index (Phi) is 6.36. The third kappa shape index (κ3) is 5.76. The van der Waals surface area contributed by atoms with E-state index in [9.17, 15) is 14.7 Å². The van der Waals surface area contributed by atoms with Crippen molar-refractivity contribution in [3.05, 3.63) is 60.1 Å². The molecule has 0 spiro atoms. The van der Waals surface area contributed by atoms with Crippen LogP contribution in [0, 0.1) is 0 Å². The van der Waals surface area contributed by atoms with Crippen LogP contribution in [0.3, 0.4) is 0 Å². The van der Waals surface area contributed by atoms with Gasteiger partial charge in [-0.2, -0.15) is 0 Å². The molecule has 0 fully saturated rings. The zero-order chi connectivity index (χ0) is 18.3. The van der Waals surface area contributed by atoms with Gasteiger partial charge in [0, 0.05) is 13.1 Å². The van der Waals surface area contributed by atoms with Gasteiger partial charge in [0.15, 0.2) is 0 Å². The summed E-state index contributed by atoms with van der Waals surface area (Å²) in [5, 5.41) is 12.9. The summed E-state index contributed by atoms with van der Waals surface area (Å²) in [5.41, 5.74) is 0.339. The Morgan fingerprint density at radius 3 is 2.56 bits per heavy atom. The summed E-state index contributed by atoms with van der Waals surface area (Å²) >= 11 is 0. The van der Waals surface area contributed by atoms with Crippen molar-refractivity contribution in [3.8, 4) is 0 Å². The Morgan fingerprint density at radius 2 is 1.96 bits per heavy atom. The molecule has 0 saturated carbocycles. The van der Waals surface area contributed by atoms with Crippen molar-refractivity contribution in [1.82, 2.24) is 10.2 Å². The van der Waals surface area contributed by atoms with Crippen molar-refractivity contribution in [2.75, 3.05) is 13.1 Å². The van der Waals surface area contributed by atoms with E-state index in [4.69, 9.17) is 4.42 Å². The standard InChI is InChI=1S/C19H24N2O4/c1-3-19(2,24)14-21(12-15-7-5-4-6-8-15)17(22)11-20-18(23)16-9-10-25-13-16/h4-10,13,24H,3,11-12,14H2,1-2H3,(H,20,23)/t19-/m0/s1. The molecule has 0 aliphatic rings. The first kappa shape index (κ1) is 18.7. The van der Waals surface area contributed by atoms with Crippen LogP contribution in [-0.4, -0.2) is 40.5 Å². The van der Waals surface area contributed by atoms with E-state index < -0.39 is 5.60 Å². The lowest BCUT2D eigenvalue weighted by molar-refractivity contribution is -0.134. The summed E-state index contributed by atoms with van der Waals surface area (Å²) in [6.45, 7) is 3.99. The maximum atomic E-state index is 12.6. The molecule has 1 atom stereocenters. The second kappa shape index (κ2) is 8.48. The maximum Gasteiger partial charge on any atom is 0.254 e. The molecule has 0 saturated heterocycles. The molecule has 1 aromatic carbocycles. The highest BCUT2D eigenvalue weighted by Gasteiger charge is 2.25. The van der Waals surface area contributed by atoms with Crippen molar-refractivity contribution in [2.45, 2.75) is 32.4 Å². The number of amides is 2. The van der Waals surface area contributed by atoms with Crippen LogP contribution in [-0.2, 0) is 11.3 Å². The average molecular weight is 344 g/mol. The summed E-state index contributed by atoms with van der Waals surface area (Å²) in [6.07, 6.45) is 3.24. The molecule has 6 nitrogen and oxygen atoms in total. The summed E-state index contributed by atoms with van der Waals surface area (Å²) in [6, 6.07) is 11.1. The van der Waals surface area contributed by atoms with Gasteiger partial charge in [-0.15, -0.1) is 0 Å². The fraction of sp³-hybridized carbons (Fsp3) is 0.368. The van der Waals surface area contributed by atoms with Crippen LogP contribution < -0.4 is 5.32 Å². The largest absolute Gasteiger partial charge is 0.472 e. The van der Waals surface area contributed by atoms with Gasteiger partial charge >= 0.3 is 0 Å². The van der Waals surface area contributed by atoms with Gasteiger partial charge in [-0.05, 0) is 25.0 Å². The summed E-state index contributed by atoms with van der Waals surface area (Å²) in [4.78, 5) is 26.1. The molecule has 1 heterocycles. The van der Waals surface area contributed by atoms with Crippen LogP contribution in [0.2, 0.25) is 0 Å². The molecule has 0 aliphatic heterocycles. The number of furan rings is 1. The third-order valence-electron chi connectivity index (χ3n) is 4.05. The van der Waals surface area contributed by atoms with Crippen LogP contribution in [0.25, 0.3) is 0 Å². The van der Waals surface area contributed by atoms with Crippen LogP contribution in [0.1, 0.15) is 36.2 Å². The van der Waals surface area contributed by atoms with Gasteiger partial charge in [0.1, 0.15) is 6.26 Å². The van der Waals surface area contributed by atoms with Gasteiger partial charge in [-0.1, -0.05) is 37.3 Å². The molecule has 0 unspecified atom stereocenters. The number of hydrogen-bond acceptors (Lipinski definition) is 4. The number of aliphatic hydroxyl groups is 1. The van der Waals surface area contributed by atoms with E-state index in [0.29, 0.717) is 18.5 Å². The van der Waals surface area contributed by atoms with E-state index in [1.54, 1.807) is 11.8 Å². The summed E-state index contributed by atoms with van der Waals surface area (Å²) < 4.78 is 4.86. The maximum absolute atomic E-state index is 12.6. The van der Waals surface area contributed by atoms with E-state index in [-0.39, 0.29) is 24.9 Å². The quantitative estimate of drug-likeness (QED) is 0.769. The highest BCUT2D eigenvalue weighted by Crippen LogP contribution is 2.14. The highest BCUT2D eigenvalue weighted by atomic mass is 16.3. The van der Waals surface area contributed by atoms with Crippen LogP contribution in [0.4, 0.5) is 0 Å². The second-order valence-corrected chi connectivity index (χ2v) is 6.28. The van der Waals surface area contributed by atoms with Crippen molar-refractivity contribution in [1.29, 1.82) is 0 Å². The molecular formula is C19H24N2O4. The Hall–Kier alpha value is -2.60. The minimum atomic E-state index is -0.987. The van der Waals surface area contributed by atoms with E-state index in [0.717, 1.165) is 5.56 Å². The summed E-state index contributed by atoms with van der Waals surface area (Å²) in [5.74, 6) is -0.626. The van der Waals surface area contributed by atoms with Crippen molar-refractivity contribution in [2.24, 2.45) is 0 Å². The van der Waals surface area contributed by atoms with E-state index >= 15 is 0 Å². The molecule has 2 aromatic rings. The first-order valence-electron chi connectivity index (χ1n) is 8.26. The predicted molar refractivity (Wildman–Crippen MR) is 93.8 cm³/mol. The molecule has 6 heteroatoms. The monoisotopic (exact) mass is 344 g/mol. The topological polar surface area (TPSA) is 82.8 Å². The Bertz CT molecular complexity index is 681.